The Balaban J connectivity index is 2.59. The van der Waals surface area contributed by atoms with Gasteiger partial charge in [0, 0.05) is 23.0 Å². The molecule has 0 saturated carbocycles. The van der Waals surface area contributed by atoms with Gasteiger partial charge in [0.1, 0.15) is 0 Å². The van der Waals surface area contributed by atoms with Crippen LogP contribution in [0.1, 0.15) is 12.0 Å². The molecule has 15 heavy (non-hydrogen) atoms. The summed E-state index contributed by atoms with van der Waals surface area (Å²) in [6.45, 7) is 0. The summed E-state index contributed by atoms with van der Waals surface area (Å²) in [5.41, 5.74) is 1.87. The smallest absolute Gasteiger partial charge is 0.0749 e. The lowest BCUT2D eigenvalue weighted by molar-refractivity contribution is 1.02. The molecule has 2 nitrogen and oxygen atoms in total. The third-order valence-electron chi connectivity index (χ3n) is 2.31. The summed E-state index contributed by atoms with van der Waals surface area (Å²) in [5, 5.41) is 10.3. The van der Waals surface area contributed by atoms with Crippen LogP contribution in [-0.4, -0.2) is 4.98 Å². The molecule has 0 N–H and O–H groups in total. The molecular formula is C12H9ClN2. The second kappa shape index (κ2) is 4.29. The number of fused-ring (bicyclic) bond motifs is 1. The van der Waals surface area contributed by atoms with E-state index in [4.69, 9.17) is 16.9 Å². The van der Waals surface area contributed by atoms with Gasteiger partial charge in [-0.1, -0.05) is 23.7 Å². The third-order valence-corrected chi connectivity index (χ3v) is 2.66. The minimum absolute atomic E-state index is 0.468. The molecule has 0 atom stereocenters. The number of hydrogen-bond donors (Lipinski definition) is 0. The number of hydrogen-bond acceptors (Lipinski definition) is 2. The average Bonchev–Trinajstić information content (AvgIpc) is 2.28. The molecule has 1 aromatic carbocycles. The molecule has 3 heteroatoms. The quantitative estimate of drug-likeness (QED) is 0.772. The van der Waals surface area contributed by atoms with E-state index in [2.05, 4.69) is 11.1 Å². The van der Waals surface area contributed by atoms with Crippen molar-refractivity contribution in [2.24, 2.45) is 0 Å². The van der Waals surface area contributed by atoms with Crippen molar-refractivity contribution in [3.05, 3.63) is 41.0 Å². The fourth-order valence-corrected chi connectivity index (χ4v) is 1.85. The highest BCUT2D eigenvalue weighted by atomic mass is 35.5. The van der Waals surface area contributed by atoms with Gasteiger partial charge in [-0.2, -0.15) is 5.26 Å². The van der Waals surface area contributed by atoms with Crippen LogP contribution in [0, 0.1) is 11.3 Å². The molecular weight excluding hydrogens is 208 g/mol. The summed E-state index contributed by atoms with van der Waals surface area (Å²) in [7, 11) is 0. The van der Waals surface area contributed by atoms with Crippen LogP contribution in [-0.2, 0) is 6.42 Å². The number of nitrogens with zero attached hydrogens (tertiary/aromatic N) is 2. The largest absolute Gasteiger partial charge is 0.256 e. The summed E-state index contributed by atoms with van der Waals surface area (Å²) in [6.07, 6.45) is 2.87. The van der Waals surface area contributed by atoms with Crippen molar-refractivity contribution < 1.29 is 0 Å². The number of pyridine rings is 1. The van der Waals surface area contributed by atoms with Crippen molar-refractivity contribution in [3.63, 3.8) is 0 Å². The van der Waals surface area contributed by atoms with Gasteiger partial charge in [0.25, 0.3) is 0 Å². The Kier molecular flexibility index (Phi) is 2.84. The molecule has 1 heterocycles. The first-order valence-electron chi connectivity index (χ1n) is 4.72. The van der Waals surface area contributed by atoms with Gasteiger partial charge in [0.05, 0.1) is 11.6 Å². The fraction of sp³-hybridized carbons (Fsp3) is 0.167. The lowest BCUT2D eigenvalue weighted by Crippen LogP contribution is -1.90. The maximum Gasteiger partial charge on any atom is 0.0749 e. The molecule has 0 amide bonds. The average molecular weight is 217 g/mol. The van der Waals surface area contributed by atoms with Gasteiger partial charge < -0.3 is 0 Å². The second-order valence-electron chi connectivity index (χ2n) is 3.26. The van der Waals surface area contributed by atoms with Gasteiger partial charge in [0.2, 0.25) is 0 Å². The molecule has 0 aliphatic carbocycles. The Morgan fingerprint density at radius 3 is 3.00 bits per heavy atom. The van der Waals surface area contributed by atoms with Crippen molar-refractivity contribution in [2.75, 3.05) is 0 Å². The lowest BCUT2D eigenvalue weighted by atomic mass is 10.1. The van der Waals surface area contributed by atoms with Crippen LogP contribution in [0.3, 0.4) is 0 Å². The predicted octanol–water partition coefficient (Wildman–Crippen LogP) is 3.34. The lowest BCUT2D eigenvalue weighted by Gasteiger charge is -2.05. The SMILES string of the molecule is N#CCCc1c(Cl)ccc2cccnc12. The molecule has 0 radical (unpaired) electrons. The minimum atomic E-state index is 0.468. The molecule has 74 valence electrons. The van der Waals surface area contributed by atoms with E-state index in [1.807, 2.05) is 24.3 Å². The van der Waals surface area contributed by atoms with Gasteiger partial charge in [-0.05, 0) is 24.1 Å². The molecule has 0 aliphatic heterocycles. The summed E-state index contributed by atoms with van der Waals surface area (Å²) >= 11 is 6.09. The maximum absolute atomic E-state index is 8.58. The standard InChI is InChI=1S/C12H9ClN2/c13-11-6-5-9-3-2-8-15-12(9)10(11)4-1-7-14/h2-3,5-6,8H,1,4H2. The van der Waals surface area contributed by atoms with Crippen molar-refractivity contribution in [3.8, 4) is 6.07 Å². The molecule has 0 spiro atoms. The van der Waals surface area contributed by atoms with E-state index in [0.29, 0.717) is 17.9 Å². The van der Waals surface area contributed by atoms with Gasteiger partial charge >= 0.3 is 0 Å². The number of aromatic nitrogens is 1. The summed E-state index contributed by atoms with van der Waals surface area (Å²) in [6, 6.07) is 9.81. The van der Waals surface area contributed by atoms with E-state index in [1.165, 1.54) is 0 Å². The second-order valence-corrected chi connectivity index (χ2v) is 3.67. The number of benzene rings is 1. The Morgan fingerprint density at radius 1 is 1.33 bits per heavy atom. The van der Waals surface area contributed by atoms with Crippen molar-refractivity contribution >= 4 is 22.5 Å². The van der Waals surface area contributed by atoms with Gasteiger partial charge in [-0.25, -0.2) is 0 Å². The van der Waals surface area contributed by atoms with E-state index in [0.717, 1.165) is 16.5 Å². The van der Waals surface area contributed by atoms with Crippen molar-refractivity contribution in [2.45, 2.75) is 12.8 Å². The number of aryl methyl sites for hydroxylation is 1. The van der Waals surface area contributed by atoms with Crippen LogP contribution < -0.4 is 0 Å². The number of nitriles is 1. The first kappa shape index (κ1) is 9.95. The normalized spacial score (nSPS) is 10.1. The highest BCUT2D eigenvalue weighted by Crippen LogP contribution is 2.25. The van der Waals surface area contributed by atoms with Gasteiger partial charge in [0.15, 0.2) is 0 Å². The monoisotopic (exact) mass is 216 g/mol. The van der Waals surface area contributed by atoms with Gasteiger partial charge in [-0.15, -0.1) is 0 Å². The third kappa shape index (κ3) is 1.93. The van der Waals surface area contributed by atoms with Crippen molar-refractivity contribution in [1.29, 1.82) is 5.26 Å². The van der Waals surface area contributed by atoms with Crippen LogP contribution in [0.2, 0.25) is 5.02 Å². The predicted molar refractivity (Wildman–Crippen MR) is 60.7 cm³/mol. The van der Waals surface area contributed by atoms with Gasteiger partial charge in [-0.3, -0.25) is 4.98 Å². The molecule has 0 saturated heterocycles. The highest BCUT2D eigenvalue weighted by molar-refractivity contribution is 6.32. The van der Waals surface area contributed by atoms with Crippen LogP contribution in [0.15, 0.2) is 30.5 Å². The molecule has 0 unspecified atom stereocenters. The number of halogens is 1. The van der Waals surface area contributed by atoms with E-state index < -0.39 is 0 Å². The van der Waals surface area contributed by atoms with Crippen LogP contribution >= 0.6 is 11.6 Å². The zero-order valence-electron chi connectivity index (χ0n) is 8.07. The van der Waals surface area contributed by atoms with Crippen LogP contribution in [0.4, 0.5) is 0 Å². The molecule has 2 rings (SSSR count). The van der Waals surface area contributed by atoms with Crippen LogP contribution in [0.25, 0.3) is 10.9 Å². The first-order valence-corrected chi connectivity index (χ1v) is 5.10. The zero-order valence-corrected chi connectivity index (χ0v) is 8.83. The molecule has 0 fully saturated rings. The summed E-state index contributed by atoms with van der Waals surface area (Å²) < 4.78 is 0. The fourth-order valence-electron chi connectivity index (χ4n) is 1.60. The van der Waals surface area contributed by atoms with E-state index in [9.17, 15) is 0 Å². The molecule has 1 aromatic heterocycles. The zero-order chi connectivity index (χ0) is 10.7. The first-order chi connectivity index (χ1) is 7.33. The molecule has 0 aliphatic rings. The summed E-state index contributed by atoms with van der Waals surface area (Å²) in [4.78, 5) is 4.30. The Hall–Kier alpha value is -1.59. The van der Waals surface area contributed by atoms with E-state index in [1.54, 1.807) is 6.20 Å². The maximum atomic E-state index is 8.58. The molecule has 0 bridgehead atoms. The minimum Gasteiger partial charge on any atom is -0.256 e. The van der Waals surface area contributed by atoms with Crippen LogP contribution in [0.5, 0.6) is 0 Å². The van der Waals surface area contributed by atoms with Crippen molar-refractivity contribution in [1.82, 2.24) is 4.98 Å². The Labute approximate surface area is 93.1 Å². The van der Waals surface area contributed by atoms with E-state index in [-0.39, 0.29) is 0 Å². The Morgan fingerprint density at radius 2 is 2.20 bits per heavy atom. The number of rotatable bonds is 2. The highest BCUT2D eigenvalue weighted by Gasteiger charge is 2.06. The Bertz CT molecular complexity index is 529. The topological polar surface area (TPSA) is 36.7 Å². The molecule has 2 aromatic rings. The van der Waals surface area contributed by atoms with E-state index >= 15 is 0 Å². The summed E-state index contributed by atoms with van der Waals surface area (Å²) in [5.74, 6) is 0.